The highest BCUT2D eigenvalue weighted by molar-refractivity contribution is 6.10. The predicted molar refractivity (Wildman–Crippen MR) is 80.6 cm³/mol. The van der Waals surface area contributed by atoms with Crippen molar-refractivity contribution >= 4 is 16.9 Å². The van der Waals surface area contributed by atoms with E-state index in [0.717, 1.165) is 0 Å². The summed E-state index contributed by atoms with van der Waals surface area (Å²) in [7, 11) is 0. The largest absolute Gasteiger partial charge is 0.419 e. The Labute approximate surface area is 126 Å². The third-order valence-corrected chi connectivity index (χ3v) is 3.41. The number of ketones is 1. The molecule has 0 aliphatic rings. The van der Waals surface area contributed by atoms with Crippen LogP contribution in [0.2, 0.25) is 0 Å². The number of nitriles is 1. The van der Waals surface area contributed by atoms with Crippen LogP contribution < -0.4 is 5.76 Å². The third kappa shape index (κ3) is 2.42. The van der Waals surface area contributed by atoms with Gasteiger partial charge in [-0.25, -0.2) is 4.79 Å². The topological polar surface area (TPSA) is 76.0 Å². The number of benzene rings is 2. The molecular weight excluding hydrogens is 280 g/mol. The minimum atomic E-state index is -0.519. The van der Waals surface area contributed by atoms with E-state index < -0.39 is 5.76 Å². The molecule has 108 valence electrons. The maximum absolute atomic E-state index is 12.4. The van der Waals surface area contributed by atoms with Gasteiger partial charge < -0.3 is 4.42 Å². The molecule has 5 nitrogen and oxygen atoms in total. The highest BCUT2D eigenvalue weighted by Gasteiger charge is 2.13. The second kappa shape index (κ2) is 5.70. The van der Waals surface area contributed by atoms with Gasteiger partial charge in [-0.05, 0) is 18.2 Å². The number of nitrogens with zero attached hydrogens (tertiary/aromatic N) is 2. The maximum Gasteiger partial charge on any atom is 0.419 e. The molecule has 0 spiro atoms. The van der Waals surface area contributed by atoms with Crippen LogP contribution in [0.3, 0.4) is 0 Å². The van der Waals surface area contributed by atoms with Crippen molar-refractivity contribution in [1.82, 2.24) is 4.57 Å². The SMILES string of the molecule is N#CCCn1c(=O)oc2cc(C(=O)c3ccccc3)ccc21. The number of aryl methyl sites for hydroxylation is 1. The van der Waals surface area contributed by atoms with Crippen molar-refractivity contribution in [3.63, 3.8) is 0 Å². The molecule has 0 radical (unpaired) electrons. The van der Waals surface area contributed by atoms with Gasteiger partial charge in [0.05, 0.1) is 18.0 Å². The van der Waals surface area contributed by atoms with Gasteiger partial charge in [0.25, 0.3) is 0 Å². The first-order chi connectivity index (χ1) is 10.7. The summed E-state index contributed by atoms with van der Waals surface area (Å²) in [5, 5.41) is 8.63. The average Bonchev–Trinajstić information content (AvgIpc) is 2.87. The summed E-state index contributed by atoms with van der Waals surface area (Å²) in [6.45, 7) is 0.272. The van der Waals surface area contributed by atoms with Crippen LogP contribution in [0.4, 0.5) is 0 Å². The number of aromatic nitrogens is 1. The molecule has 5 heteroatoms. The van der Waals surface area contributed by atoms with Crippen molar-refractivity contribution in [2.24, 2.45) is 0 Å². The molecule has 0 atom stereocenters. The Morgan fingerprint density at radius 1 is 1.14 bits per heavy atom. The van der Waals surface area contributed by atoms with E-state index in [9.17, 15) is 9.59 Å². The Morgan fingerprint density at radius 2 is 1.91 bits per heavy atom. The van der Waals surface area contributed by atoms with Crippen molar-refractivity contribution in [2.45, 2.75) is 13.0 Å². The molecule has 22 heavy (non-hydrogen) atoms. The van der Waals surface area contributed by atoms with E-state index in [1.807, 2.05) is 12.1 Å². The van der Waals surface area contributed by atoms with Crippen molar-refractivity contribution < 1.29 is 9.21 Å². The lowest BCUT2D eigenvalue weighted by Crippen LogP contribution is -2.13. The fourth-order valence-electron chi connectivity index (χ4n) is 2.34. The summed E-state index contributed by atoms with van der Waals surface area (Å²) in [5.41, 5.74) is 1.97. The number of hydrogen-bond donors (Lipinski definition) is 0. The van der Waals surface area contributed by atoms with Crippen LogP contribution in [0.25, 0.3) is 11.1 Å². The minimum absolute atomic E-state index is 0.130. The first-order valence-electron chi connectivity index (χ1n) is 6.81. The van der Waals surface area contributed by atoms with Crippen molar-refractivity contribution in [1.29, 1.82) is 5.26 Å². The molecule has 3 aromatic rings. The van der Waals surface area contributed by atoms with Crippen LogP contribution in [0.1, 0.15) is 22.3 Å². The van der Waals surface area contributed by atoms with Gasteiger partial charge in [-0.2, -0.15) is 5.26 Å². The summed E-state index contributed by atoms with van der Waals surface area (Å²) < 4.78 is 6.57. The second-order valence-electron chi connectivity index (χ2n) is 4.81. The van der Waals surface area contributed by atoms with E-state index in [4.69, 9.17) is 9.68 Å². The Bertz CT molecular complexity index is 930. The first-order valence-corrected chi connectivity index (χ1v) is 6.81. The standard InChI is InChI=1S/C17H12N2O3/c18-9-4-10-19-14-8-7-13(11-15(14)22-17(19)21)16(20)12-5-2-1-3-6-12/h1-3,5-8,11H,4,10H2. The molecule has 1 heterocycles. The number of oxazole rings is 1. The number of rotatable bonds is 4. The van der Waals surface area contributed by atoms with E-state index in [0.29, 0.717) is 22.2 Å². The number of carbonyl (C=O) groups is 1. The Kier molecular flexibility index (Phi) is 3.58. The van der Waals surface area contributed by atoms with Gasteiger partial charge in [0.2, 0.25) is 0 Å². The average molecular weight is 292 g/mol. The Hall–Kier alpha value is -3.13. The second-order valence-corrected chi connectivity index (χ2v) is 4.81. The van der Waals surface area contributed by atoms with Gasteiger partial charge in [0.1, 0.15) is 0 Å². The minimum Gasteiger partial charge on any atom is -0.408 e. The zero-order valence-electron chi connectivity index (χ0n) is 11.7. The quantitative estimate of drug-likeness (QED) is 0.693. The molecule has 0 unspecified atom stereocenters. The van der Waals surface area contributed by atoms with Gasteiger partial charge >= 0.3 is 5.76 Å². The molecule has 0 bridgehead atoms. The first kappa shape index (κ1) is 13.8. The van der Waals surface area contributed by atoms with Crippen LogP contribution in [0.5, 0.6) is 0 Å². The summed E-state index contributed by atoms with van der Waals surface area (Å²) in [6, 6.07) is 15.8. The molecule has 0 N–H and O–H groups in total. The number of fused-ring (bicyclic) bond motifs is 1. The van der Waals surface area contributed by atoms with Crippen molar-refractivity contribution in [3.05, 3.63) is 70.2 Å². The lowest BCUT2D eigenvalue weighted by molar-refractivity contribution is 0.103. The van der Waals surface area contributed by atoms with Crippen LogP contribution in [0.15, 0.2) is 57.7 Å². The monoisotopic (exact) mass is 292 g/mol. The van der Waals surface area contributed by atoms with E-state index in [2.05, 4.69) is 0 Å². The molecule has 0 fully saturated rings. The number of hydrogen-bond acceptors (Lipinski definition) is 4. The molecule has 0 saturated carbocycles. The van der Waals surface area contributed by atoms with Gasteiger partial charge in [-0.15, -0.1) is 0 Å². The van der Waals surface area contributed by atoms with Crippen LogP contribution in [-0.2, 0) is 6.54 Å². The Balaban J connectivity index is 2.03. The fourth-order valence-corrected chi connectivity index (χ4v) is 2.34. The highest BCUT2D eigenvalue weighted by Crippen LogP contribution is 2.18. The van der Waals surface area contributed by atoms with Gasteiger partial charge in [-0.1, -0.05) is 30.3 Å². The summed E-state index contributed by atoms with van der Waals surface area (Å²) in [4.78, 5) is 24.2. The van der Waals surface area contributed by atoms with Gasteiger partial charge in [-0.3, -0.25) is 9.36 Å². The summed E-state index contributed by atoms with van der Waals surface area (Å²) in [5.74, 6) is -0.649. The normalized spacial score (nSPS) is 10.5. The van der Waals surface area contributed by atoms with Gasteiger partial charge in [0.15, 0.2) is 11.4 Å². The Morgan fingerprint density at radius 3 is 2.64 bits per heavy atom. The zero-order valence-corrected chi connectivity index (χ0v) is 11.7. The lowest BCUT2D eigenvalue weighted by atomic mass is 10.0. The lowest BCUT2D eigenvalue weighted by Gasteiger charge is -2.02. The van der Waals surface area contributed by atoms with Gasteiger partial charge in [0, 0.05) is 17.7 Å². The summed E-state index contributed by atoms with van der Waals surface area (Å²) >= 11 is 0. The molecular formula is C17H12N2O3. The number of carbonyl (C=O) groups excluding carboxylic acids is 1. The highest BCUT2D eigenvalue weighted by atomic mass is 16.4. The smallest absolute Gasteiger partial charge is 0.408 e. The van der Waals surface area contributed by atoms with Crippen LogP contribution in [0, 0.1) is 11.3 Å². The van der Waals surface area contributed by atoms with Crippen LogP contribution in [-0.4, -0.2) is 10.4 Å². The predicted octanol–water partition coefficient (Wildman–Crippen LogP) is 2.74. The van der Waals surface area contributed by atoms with E-state index in [1.165, 1.54) is 4.57 Å². The van der Waals surface area contributed by atoms with E-state index in [-0.39, 0.29) is 18.7 Å². The zero-order chi connectivity index (χ0) is 15.5. The molecule has 3 rings (SSSR count). The molecule has 0 aliphatic carbocycles. The van der Waals surface area contributed by atoms with E-state index >= 15 is 0 Å². The van der Waals surface area contributed by atoms with Crippen LogP contribution >= 0.6 is 0 Å². The van der Waals surface area contributed by atoms with E-state index in [1.54, 1.807) is 42.5 Å². The van der Waals surface area contributed by atoms with Crippen molar-refractivity contribution in [3.8, 4) is 6.07 Å². The molecule has 0 aliphatic heterocycles. The molecule has 1 aromatic heterocycles. The fraction of sp³-hybridized carbons (Fsp3) is 0.118. The molecule has 0 saturated heterocycles. The van der Waals surface area contributed by atoms with Crippen molar-refractivity contribution in [2.75, 3.05) is 0 Å². The summed E-state index contributed by atoms with van der Waals surface area (Å²) in [6.07, 6.45) is 0.221. The maximum atomic E-state index is 12.4. The molecule has 0 amide bonds. The molecule has 2 aromatic carbocycles. The third-order valence-electron chi connectivity index (χ3n) is 3.41.